The third-order valence-corrected chi connectivity index (χ3v) is 8.93. The molecule has 0 saturated carbocycles. The molecule has 2 atom stereocenters. The summed E-state index contributed by atoms with van der Waals surface area (Å²) < 4.78 is 42.2. The Bertz CT molecular complexity index is 1350. The minimum Gasteiger partial charge on any atom is -0.480 e. The van der Waals surface area contributed by atoms with Crippen molar-refractivity contribution in [2.75, 3.05) is 26.0 Å². The fraction of sp³-hybridized carbons (Fsp3) is 0.348. The number of guanidine groups is 1. The summed E-state index contributed by atoms with van der Waals surface area (Å²) in [6.45, 7) is 2.65. The van der Waals surface area contributed by atoms with Gasteiger partial charge in [-0.15, -0.1) is 0 Å². The van der Waals surface area contributed by atoms with Gasteiger partial charge in [-0.25, -0.2) is 28.9 Å². The number of hydrogen-bond donors (Lipinski definition) is 4. The number of aliphatic imine (C=N–C) groups is 1. The molecule has 196 valence electrons. The molecule has 1 fully saturated rings. The van der Waals surface area contributed by atoms with E-state index in [-0.39, 0.29) is 17.3 Å². The van der Waals surface area contributed by atoms with E-state index in [1.807, 2.05) is 0 Å². The zero-order chi connectivity index (χ0) is 26.2. The Morgan fingerprint density at radius 1 is 1.27 bits per heavy atom. The van der Waals surface area contributed by atoms with Crippen LogP contribution in [0.1, 0.15) is 25.3 Å². The highest BCUT2D eigenvalue weighted by Crippen LogP contribution is 2.54. The predicted octanol–water partition coefficient (Wildman–Crippen LogP) is 3.59. The number of rotatable bonds is 4. The fourth-order valence-corrected chi connectivity index (χ4v) is 7.13. The van der Waals surface area contributed by atoms with E-state index in [0.717, 1.165) is 12.8 Å². The first-order chi connectivity index (χ1) is 17.7. The van der Waals surface area contributed by atoms with Crippen molar-refractivity contribution in [2.24, 2.45) is 4.99 Å². The first kappa shape index (κ1) is 24.9. The number of ether oxygens (including phenoxy) is 1. The van der Waals surface area contributed by atoms with Crippen LogP contribution in [0, 0.1) is 5.82 Å². The lowest BCUT2D eigenvalue weighted by atomic mass is 9.92. The molecule has 1 saturated heterocycles. The molecule has 14 heteroatoms. The molecule has 4 heterocycles. The smallest absolute Gasteiger partial charge is 0.411 e. The highest BCUT2D eigenvalue weighted by Gasteiger charge is 2.47. The number of carboxylic acid groups (broad SMARTS) is 1. The molecule has 4 N–H and O–H groups in total. The summed E-state index contributed by atoms with van der Waals surface area (Å²) in [6.07, 6.45) is 3.19. The fourth-order valence-electron chi connectivity index (χ4n) is 4.44. The standard InChI is InChI=1S/C23H26FN7O5S/c1-23(13-37(34)27-7-3-4-8-31(37)21(29-23)28-22(32)33)15-9-14(5-6-16(15)24)19-10-17(30-36-19)18-11-26-20(35-2)12-25-18/h5-6,9-12,27,34H,3-4,7-8,13H2,1-2H3,(H,28,29)(H,32,33)/t23-/m0/s1. The van der Waals surface area contributed by atoms with Gasteiger partial charge in [-0.2, -0.15) is 0 Å². The molecule has 1 unspecified atom stereocenters. The van der Waals surface area contributed by atoms with Crippen LogP contribution < -0.4 is 14.8 Å². The second kappa shape index (κ2) is 9.61. The maximum absolute atomic E-state index is 15.3. The second-order valence-electron chi connectivity index (χ2n) is 8.87. The lowest BCUT2D eigenvalue weighted by molar-refractivity contribution is 0.199. The van der Waals surface area contributed by atoms with Gasteiger partial charge in [0.25, 0.3) is 0 Å². The topological polar surface area (TPSA) is 158 Å². The predicted molar refractivity (Wildman–Crippen MR) is 134 cm³/mol. The number of hydrogen-bond acceptors (Lipinski definition) is 10. The van der Waals surface area contributed by atoms with Crippen LogP contribution in [0.2, 0.25) is 0 Å². The third kappa shape index (κ3) is 4.82. The first-order valence-electron chi connectivity index (χ1n) is 11.5. The van der Waals surface area contributed by atoms with Crippen molar-refractivity contribution < 1.29 is 28.1 Å². The van der Waals surface area contributed by atoms with Crippen molar-refractivity contribution >= 4 is 22.7 Å². The van der Waals surface area contributed by atoms with Crippen molar-refractivity contribution in [3.63, 3.8) is 0 Å². The number of halogens is 1. The Labute approximate surface area is 213 Å². The molecule has 0 radical (unpaired) electrons. The minimum absolute atomic E-state index is 0.0158. The Morgan fingerprint density at radius 2 is 2.11 bits per heavy atom. The van der Waals surface area contributed by atoms with Crippen molar-refractivity contribution in [3.8, 4) is 28.6 Å². The molecule has 2 aromatic heterocycles. The van der Waals surface area contributed by atoms with Crippen molar-refractivity contribution in [3.05, 3.63) is 48.0 Å². The van der Waals surface area contributed by atoms with E-state index in [9.17, 15) is 14.5 Å². The van der Waals surface area contributed by atoms with Crippen LogP contribution in [-0.2, 0) is 5.54 Å². The SMILES string of the molecule is COc1cnc(-c2cc(-c3ccc(F)c([C@]4(C)CS5(O)NCCCCN5C(NC(=O)O)=N4)c3)on2)cn1. The van der Waals surface area contributed by atoms with E-state index in [0.29, 0.717) is 41.7 Å². The number of benzene rings is 1. The van der Waals surface area contributed by atoms with Gasteiger partial charge in [-0.05, 0) is 38.0 Å². The first-order valence-corrected chi connectivity index (χ1v) is 13.2. The van der Waals surface area contributed by atoms with Gasteiger partial charge in [-0.3, -0.25) is 9.62 Å². The molecule has 37 heavy (non-hydrogen) atoms. The third-order valence-electron chi connectivity index (χ3n) is 6.22. The average Bonchev–Trinajstić information content (AvgIpc) is 3.27. The van der Waals surface area contributed by atoms with Gasteiger partial charge in [0, 0.05) is 41.0 Å². The quantitative estimate of drug-likeness (QED) is 0.392. The molecule has 2 aliphatic heterocycles. The van der Waals surface area contributed by atoms with Crippen LogP contribution in [-0.4, -0.2) is 67.1 Å². The molecule has 3 aromatic rings. The monoisotopic (exact) mass is 531 g/mol. The number of aromatic nitrogens is 3. The van der Waals surface area contributed by atoms with Crippen LogP contribution in [0.15, 0.2) is 46.2 Å². The van der Waals surface area contributed by atoms with Crippen LogP contribution in [0.4, 0.5) is 9.18 Å². The molecule has 0 spiro atoms. The summed E-state index contributed by atoms with van der Waals surface area (Å²) >= 11 is 0. The number of carbonyl (C=O) groups is 1. The average molecular weight is 532 g/mol. The lowest BCUT2D eigenvalue weighted by Crippen LogP contribution is -2.55. The normalized spacial score (nSPS) is 25.3. The number of methoxy groups -OCH3 is 1. The molecular formula is C23H26FN7O5S. The van der Waals surface area contributed by atoms with E-state index in [1.54, 1.807) is 29.4 Å². The largest absolute Gasteiger partial charge is 0.480 e. The van der Waals surface area contributed by atoms with Crippen molar-refractivity contribution in [1.29, 1.82) is 0 Å². The lowest BCUT2D eigenvalue weighted by Gasteiger charge is -2.51. The van der Waals surface area contributed by atoms with Gasteiger partial charge in [0.15, 0.2) is 5.76 Å². The minimum atomic E-state index is -2.70. The molecular weight excluding hydrogens is 505 g/mol. The summed E-state index contributed by atoms with van der Waals surface area (Å²) in [5, 5.41) is 15.8. The highest BCUT2D eigenvalue weighted by molar-refractivity contribution is 8.26. The maximum Gasteiger partial charge on any atom is 0.411 e. The summed E-state index contributed by atoms with van der Waals surface area (Å²) in [5.74, 6) is 0.225. The van der Waals surface area contributed by atoms with E-state index in [1.165, 1.54) is 25.6 Å². The zero-order valence-corrected chi connectivity index (χ0v) is 21.0. The zero-order valence-electron chi connectivity index (χ0n) is 20.1. The Hall–Kier alpha value is -3.75. The van der Waals surface area contributed by atoms with E-state index >= 15 is 4.39 Å². The maximum atomic E-state index is 15.3. The van der Waals surface area contributed by atoms with Crippen LogP contribution in [0.3, 0.4) is 0 Å². The summed E-state index contributed by atoms with van der Waals surface area (Å²) in [6, 6.07) is 6.07. The molecule has 5 rings (SSSR count). The Morgan fingerprint density at radius 3 is 2.84 bits per heavy atom. The number of nitrogens with one attached hydrogen (secondary N) is 2. The summed E-state index contributed by atoms with van der Waals surface area (Å²) in [5.41, 5.74) is 0.335. The molecule has 0 bridgehead atoms. The Kier molecular flexibility index (Phi) is 6.47. The highest BCUT2D eigenvalue weighted by atomic mass is 32.3. The van der Waals surface area contributed by atoms with Crippen LogP contribution >= 0.6 is 10.7 Å². The number of fused-ring (bicyclic) bond motifs is 1. The molecule has 1 amide bonds. The number of amides is 1. The van der Waals surface area contributed by atoms with Gasteiger partial charge < -0.3 is 18.9 Å². The van der Waals surface area contributed by atoms with E-state index in [2.05, 4.69) is 30.2 Å². The van der Waals surface area contributed by atoms with Gasteiger partial charge in [-0.1, -0.05) is 5.16 Å². The second-order valence-corrected chi connectivity index (χ2v) is 11.2. The van der Waals surface area contributed by atoms with Gasteiger partial charge in [0.1, 0.15) is 22.7 Å². The molecule has 1 aromatic carbocycles. The molecule has 2 aliphatic rings. The van der Waals surface area contributed by atoms with Crippen molar-refractivity contribution in [2.45, 2.75) is 25.3 Å². The van der Waals surface area contributed by atoms with E-state index < -0.39 is 28.1 Å². The van der Waals surface area contributed by atoms with Gasteiger partial charge in [0.05, 0.1) is 25.3 Å². The van der Waals surface area contributed by atoms with Crippen LogP contribution in [0.5, 0.6) is 5.88 Å². The molecule has 0 aliphatic carbocycles. The van der Waals surface area contributed by atoms with E-state index in [4.69, 9.17) is 9.26 Å². The summed E-state index contributed by atoms with van der Waals surface area (Å²) in [4.78, 5) is 24.5. The Balaban J connectivity index is 1.53. The van der Waals surface area contributed by atoms with Gasteiger partial charge in [0.2, 0.25) is 11.8 Å². The van der Waals surface area contributed by atoms with Crippen molar-refractivity contribution in [1.82, 2.24) is 29.5 Å². The van der Waals surface area contributed by atoms with Gasteiger partial charge >= 0.3 is 6.09 Å². The number of nitrogens with zero attached hydrogens (tertiary/aromatic N) is 5. The van der Waals surface area contributed by atoms with Crippen LogP contribution in [0.25, 0.3) is 22.7 Å². The molecule has 12 nitrogen and oxygen atoms in total. The summed E-state index contributed by atoms with van der Waals surface area (Å²) in [7, 11) is -1.21.